The summed E-state index contributed by atoms with van der Waals surface area (Å²) in [5, 5.41) is 9.06. The standard InChI is InChI=1S/C16H22BrN3/c1-12-4-5-16(15(17)10-12)20-9-7-13(2)19(3)14(11-20)6-8-18/h4-5,10,13-14H,6-7,9,11H2,1-3H3. The summed E-state index contributed by atoms with van der Waals surface area (Å²) in [7, 11) is 2.14. The van der Waals surface area contributed by atoms with Gasteiger partial charge in [0.25, 0.3) is 0 Å². The lowest BCUT2D eigenvalue weighted by atomic mass is 10.1. The first-order chi connectivity index (χ1) is 9.52. The number of rotatable bonds is 2. The van der Waals surface area contributed by atoms with Crippen LogP contribution in [-0.2, 0) is 0 Å². The Balaban J connectivity index is 2.25. The van der Waals surface area contributed by atoms with Crippen LogP contribution in [0.3, 0.4) is 0 Å². The number of benzene rings is 1. The molecule has 1 aromatic rings. The Morgan fingerprint density at radius 1 is 1.45 bits per heavy atom. The lowest BCUT2D eigenvalue weighted by Gasteiger charge is -2.31. The van der Waals surface area contributed by atoms with Crippen molar-refractivity contribution in [2.75, 3.05) is 25.0 Å². The monoisotopic (exact) mass is 335 g/mol. The van der Waals surface area contributed by atoms with Crippen LogP contribution in [0.5, 0.6) is 0 Å². The molecule has 0 bridgehead atoms. The van der Waals surface area contributed by atoms with E-state index in [0.29, 0.717) is 18.5 Å². The minimum absolute atomic E-state index is 0.297. The maximum Gasteiger partial charge on any atom is 0.0638 e. The molecule has 2 rings (SSSR count). The molecule has 4 heteroatoms. The number of nitrogens with zero attached hydrogens (tertiary/aromatic N) is 3. The van der Waals surface area contributed by atoms with Gasteiger partial charge in [-0.25, -0.2) is 0 Å². The third-order valence-electron chi connectivity index (χ3n) is 4.29. The van der Waals surface area contributed by atoms with Crippen molar-refractivity contribution in [1.82, 2.24) is 4.90 Å². The minimum atomic E-state index is 0.297. The van der Waals surface area contributed by atoms with Gasteiger partial charge in [0, 0.05) is 29.6 Å². The molecule has 3 nitrogen and oxygen atoms in total. The number of hydrogen-bond donors (Lipinski definition) is 0. The van der Waals surface area contributed by atoms with Crippen LogP contribution in [0.25, 0.3) is 0 Å². The number of aryl methyl sites for hydroxylation is 1. The first kappa shape index (κ1) is 15.3. The molecule has 1 heterocycles. The molecule has 1 aliphatic heterocycles. The topological polar surface area (TPSA) is 30.3 Å². The maximum absolute atomic E-state index is 9.06. The fourth-order valence-corrected chi connectivity index (χ4v) is 3.53. The zero-order chi connectivity index (χ0) is 14.7. The molecule has 0 N–H and O–H groups in total. The fourth-order valence-electron chi connectivity index (χ4n) is 2.78. The van der Waals surface area contributed by atoms with E-state index in [9.17, 15) is 0 Å². The van der Waals surface area contributed by atoms with E-state index < -0.39 is 0 Å². The number of likely N-dealkylation sites (N-methyl/N-ethyl adjacent to an activating group) is 1. The van der Waals surface area contributed by atoms with Crippen molar-refractivity contribution < 1.29 is 0 Å². The second-order valence-corrected chi connectivity index (χ2v) is 6.57. The Bertz CT molecular complexity index is 509. The van der Waals surface area contributed by atoms with Crippen LogP contribution in [0, 0.1) is 18.3 Å². The Kier molecular flexibility index (Phi) is 5.06. The van der Waals surface area contributed by atoms with Crippen LogP contribution in [0.1, 0.15) is 25.3 Å². The van der Waals surface area contributed by atoms with Crippen molar-refractivity contribution >= 4 is 21.6 Å². The van der Waals surface area contributed by atoms with Gasteiger partial charge in [0.05, 0.1) is 18.2 Å². The first-order valence-electron chi connectivity index (χ1n) is 7.13. The summed E-state index contributed by atoms with van der Waals surface area (Å²) in [4.78, 5) is 4.76. The summed E-state index contributed by atoms with van der Waals surface area (Å²) in [6, 6.07) is 9.63. The Morgan fingerprint density at radius 2 is 2.20 bits per heavy atom. The third-order valence-corrected chi connectivity index (χ3v) is 4.93. The molecule has 108 valence electrons. The zero-order valence-corrected chi connectivity index (χ0v) is 14.0. The lowest BCUT2D eigenvalue weighted by Crippen LogP contribution is -2.41. The van der Waals surface area contributed by atoms with E-state index in [1.54, 1.807) is 0 Å². The van der Waals surface area contributed by atoms with Crippen molar-refractivity contribution in [2.24, 2.45) is 0 Å². The van der Waals surface area contributed by atoms with Gasteiger partial charge < -0.3 is 4.90 Å². The Hall–Kier alpha value is -1.05. The van der Waals surface area contributed by atoms with Crippen LogP contribution in [0.2, 0.25) is 0 Å². The molecular weight excluding hydrogens is 314 g/mol. The fraction of sp³-hybridized carbons (Fsp3) is 0.562. The number of hydrogen-bond acceptors (Lipinski definition) is 3. The van der Waals surface area contributed by atoms with E-state index in [-0.39, 0.29) is 0 Å². The van der Waals surface area contributed by atoms with E-state index in [2.05, 4.69) is 70.9 Å². The normalized spacial score (nSPS) is 24.2. The molecule has 20 heavy (non-hydrogen) atoms. The summed E-state index contributed by atoms with van der Waals surface area (Å²) in [5.41, 5.74) is 2.50. The van der Waals surface area contributed by atoms with Crippen LogP contribution in [0.15, 0.2) is 22.7 Å². The number of anilines is 1. The van der Waals surface area contributed by atoms with Crippen molar-refractivity contribution in [3.63, 3.8) is 0 Å². The van der Waals surface area contributed by atoms with Gasteiger partial charge in [-0.1, -0.05) is 6.07 Å². The molecule has 0 spiro atoms. The molecule has 0 radical (unpaired) electrons. The molecular formula is C16H22BrN3. The van der Waals surface area contributed by atoms with Gasteiger partial charge in [-0.3, -0.25) is 4.90 Å². The van der Waals surface area contributed by atoms with E-state index >= 15 is 0 Å². The summed E-state index contributed by atoms with van der Waals surface area (Å²) in [6.45, 7) is 6.30. The predicted molar refractivity (Wildman–Crippen MR) is 87.0 cm³/mol. The van der Waals surface area contributed by atoms with Gasteiger partial charge in [0.15, 0.2) is 0 Å². The smallest absolute Gasteiger partial charge is 0.0638 e. The molecule has 2 unspecified atom stereocenters. The van der Waals surface area contributed by atoms with Gasteiger partial charge >= 0.3 is 0 Å². The molecule has 1 fully saturated rings. The molecule has 1 aromatic carbocycles. The van der Waals surface area contributed by atoms with Gasteiger partial charge in [0.2, 0.25) is 0 Å². The average Bonchev–Trinajstić information content (AvgIpc) is 2.53. The molecule has 0 aromatic heterocycles. The molecule has 0 aliphatic carbocycles. The Morgan fingerprint density at radius 3 is 2.85 bits per heavy atom. The summed E-state index contributed by atoms with van der Waals surface area (Å²) < 4.78 is 1.14. The van der Waals surface area contributed by atoms with Crippen molar-refractivity contribution in [1.29, 1.82) is 5.26 Å². The SMILES string of the molecule is Cc1ccc(N2CCC(C)N(C)C(CC#N)C2)c(Br)c1. The highest BCUT2D eigenvalue weighted by atomic mass is 79.9. The number of nitriles is 1. The highest BCUT2D eigenvalue weighted by molar-refractivity contribution is 9.10. The number of halogens is 1. The molecule has 1 aliphatic rings. The molecule has 0 saturated carbocycles. The van der Waals surface area contributed by atoms with E-state index in [4.69, 9.17) is 5.26 Å². The molecule has 2 atom stereocenters. The van der Waals surface area contributed by atoms with Gasteiger partial charge in [-0.2, -0.15) is 5.26 Å². The maximum atomic E-state index is 9.06. The van der Waals surface area contributed by atoms with Gasteiger partial charge in [-0.15, -0.1) is 0 Å². The minimum Gasteiger partial charge on any atom is -0.369 e. The van der Waals surface area contributed by atoms with E-state index in [0.717, 1.165) is 24.0 Å². The quantitative estimate of drug-likeness (QED) is 0.827. The first-order valence-corrected chi connectivity index (χ1v) is 7.92. The second kappa shape index (κ2) is 6.60. The largest absolute Gasteiger partial charge is 0.369 e. The second-order valence-electron chi connectivity index (χ2n) is 5.72. The lowest BCUT2D eigenvalue weighted by molar-refractivity contribution is 0.199. The third kappa shape index (κ3) is 3.34. The highest BCUT2D eigenvalue weighted by Gasteiger charge is 2.27. The van der Waals surface area contributed by atoms with Gasteiger partial charge in [0.1, 0.15) is 0 Å². The van der Waals surface area contributed by atoms with Crippen LogP contribution >= 0.6 is 15.9 Å². The highest BCUT2D eigenvalue weighted by Crippen LogP contribution is 2.30. The van der Waals surface area contributed by atoms with Crippen molar-refractivity contribution in [3.8, 4) is 6.07 Å². The zero-order valence-electron chi connectivity index (χ0n) is 12.4. The van der Waals surface area contributed by atoms with Crippen LogP contribution in [-0.4, -0.2) is 37.1 Å². The van der Waals surface area contributed by atoms with Crippen LogP contribution in [0.4, 0.5) is 5.69 Å². The average molecular weight is 336 g/mol. The van der Waals surface area contributed by atoms with E-state index in [1.807, 2.05) is 0 Å². The predicted octanol–water partition coefficient (Wildman–Crippen LogP) is 3.57. The Labute approximate surface area is 130 Å². The van der Waals surface area contributed by atoms with Crippen LogP contribution < -0.4 is 4.90 Å². The summed E-state index contributed by atoms with van der Waals surface area (Å²) in [6.07, 6.45) is 1.71. The molecule has 0 amide bonds. The summed E-state index contributed by atoms with van der Waals surface area (Å²) in [5.74, 6) is 0. The summed E-state index contributed by atoms with van der Waals surface area (Å²) >= 11 is 3.68. The van der Waals surface area contributed by atoms with Gasteiger partial charge in [-0.05, 0) is 60.9 Å². The molecule has 1 saturated heterocycles. The van der Waals surface area contributed by atoms with Crippen molar-refractivity contribution in [2.45, 2.75) is 38.8 Å². The van der Waals surface area contributed by atoms with E-state index in [1.165, 1.54) is 11.3 Å². The van der Waals surface area contributed by atoms with Crippen molar-refractivity contribution in [3.05, 3.63) is 28.2 Å².